The van der Waals surface area contributed by atoms with Crippen LogP contribution in [0.25, 0.3) is 11.5 Å². The van der Waals surface area contributed by atoms with Crippen LogP contribution in [0.2, 0.25) is 0 Å². The highest BCUT2D eigenvalue weighted by Crippen LogP contribution is 2.29. The molecule has 0 radical (unpaired) electrons. The SMILES string of the molecule is Cc1ccccc1-c1nnc(SC(C)C(=O)N2CCC(C)CC2)o1. The maximum absolute atomic E-state index is 12.6. The lowest BCUT2D eigenvalue weighted by molar-refractivity contribution is -0.131. The highest BCUT2D eigenvalue weighted by Gasteiger charge is 2.26. The first-order chi connectivity index (χ1) is 11.5. The summed E-state index contributed by atoms with van der Waals surface area (Å²) in [6, 6.07) is 7.89. The predicted molar refractivity (Wildman–Crippen MR) is 94.8 cm³/mol. The van der Waals surface area contributed by atoms with Gasteiger partial charge in [-0.1, -0.05) is 36.9 Å². The van der Waals surface area contributed by atoms with Crippen molar-refractivity contribution in [2.75, 3.05) is 13.1 Å². The van der Waals surface area contributed by atoms with Crippen LogP contribution in [0.5, 0.6) is 0 Å². The van der Waals surface area contributed by atoms with Gasteiger partial charge >= 0.3 is 0 Å². The number of thioether (sulfide) groups is 1. The quantitative estimate of drug-likeness (QED) is 0.789. The van der Waals surface area contributed by atoms with E-state index in [1.165, 1.54) is 11.8 Å². The first-order valence-electron chi connectivity index (χ1n) is 8.39. The number of nitrogens with zero attached hydrogens (tertiary/aromatic N) is 3. The summed E-state index contributed by atoms with van der Waals surface area (Å²) in [7, 11) is 0. The van der Waals surface area contributed by atoms with Crippen molar-refractivity contribution in [2.45, 2.75) is 44.1 Å². The summed E-state index contributed by atoms with van der Waals surface area (Å²) in [5.74, 6) is 1.37. The Labute approximate surface area is 146 Å². The van der Waals surface area contributed by atoms with E-state index in [1.807, 2.05) is 43.0 Å². The highest BCUT2D eigenvalue weighted by atomic mass is 32.2. The van der Waals surface area contributed by atoms with Crippen LogP contribution in [0.3, 0.4) is 0 Å². The molecule has 0 saturated carbocycles. The Morgan fingerprint density at radius 2 is 2.00 bits per heavy atom. The minimum Gasteiger partial charge on any atom is -0.411 e. The molecule has 0 spiro atoms. The third-order valence-electron chi connectivity index (χ3n) is 4.50. The third kappa shape index (κ3) is 3.80. The van der Waals surface area contributed by atoms with E-state index in [0.29, 0.717) is 17.0 Å². The Hall–Kier alpha value is -1.82. The van der Waals surface area contributed by atoms with Gasteiger partial charge in [-0.3, -0.25) is 4.79 Å². The van der Waals surface area contributed by atoms with Crippen molar-refractivity contribution in [3.05, 3.63) is 29.8 Å². The average molecular weight is 345 g/mol. The van der Waals surface area contributed by atoms with E-state index < -0.39 is 0 Å². The standard InChI is InChI=1S/C18H23N3O2S/c1-12-8-10-21(11-9-12)17(22)14(3)24-18-20-19-16(23-18)15-7-5-4-6-13(15)2/h4-7,12,14H,8-11H2,1-3H3. The van der Waals surface area contributed by atoms with Gasteiger partial charge in [-0.05, 0) is 44.2 Å². The molecule has 2 heterocycles. The Balaban J connectivity index is 1.64. The number of rotatable bonds is 4. The summed E-state index contributed by atoms with van der Waals surface area (Å²) in [5.41, 5.74) is 2.02. The molecular formula is C18H23N3O2S. The second-order valence-corrected chi connectivity index (χ2v) is 7.75. The summed E-state index contributed by atoms with van der Waals surface area (Å²) >= 11 is 1.34. The lowest BCUT2D eigenvalue weighted by atomic mass is 9.99. The fourth-order valence-corrected chi connectivity index (χ4v) is 3.63. The van der Waals surface area contributed by atoms with E-state index in [4.69, 9.17) is 4.42 Å². The molecule has 1 aliphatic rings. The molecule has 1 amide bonds. The zero-order chi connectivity index (χ0) is 17.1. The second-order valence-electron chi connectivity index (χ2n) is 6.46. The third-order valence-corrected chi connectivity index (χ3v) is 5.42. The van der Waals surface area contributed by atoms with Gasteiger partial charge in [-0.2, -0.15) is 0 Å². The van der Waals surface area contributed by atoms with Gasteiger partial charge in [0.2, 0.25) is 11.8 Å². The van der Waals surface area contributed by atoms with Crippen molar-refractivity contribution >= 4 is 17.7 Å². The van der Waals surface area contributed by atoms with E-state index in [0.717, 1.165) is 37.1 Å². The molecule has 1 unspecified atom stereocenters. The summed E-state index contributed by atoms with van der Waals surface area (Å²) in [6.45, 7) is 7.86. The fourth-order valence-electron chi connectivity index (χ4n) is 2.87. The molecule has 5 nitrogen and oxygen atoms in total. The van der Waals surface area contributed by atoms with E-state index in [-0.39, 0.29) is 11.2 Å². The van der Waals surface area contributed by atoms with Gasteiger partial charge in [0, 0.05) is 18.7 Å². The lowest BCUT2D eigenvalue weighted by Crippen LogP contribution is -2.41. The summed E-state index contributed by atoms with van der Waals surface area (Å²) in [5, 5.41) is 8.43. The molecule has 1 atom stereocenters. The molecule has 1 saturated heterocycles. The molecule has 1 aromatic heterocycles. The summed E-state index contributed by atoms with van der Waals surface area (Å²) in [6.07, 6.45) is 2.17. The molecule has 1 fully saturated rings. The van der Waals surface area contributed by atoms with Crippen molar-refractivity contribution in [3.63, 3.8) is 0 Å². The minimum absolute atomic E-state index is 0.155. The van der Waals surface area contributed by atoms with Crippen LogP contribution >= 0.6 is 11.8 Å². The molecule has 0 N–H and O–H groups in total. The smallest absolute Gasteiger partial charge is 0.277 e. The number of piperidine rings is 1. The van der Waals surface area contributed by atoms with E-state index >= 15 is 0 Å². The first-order valence-corrected chi connectivity index (χ1v) is 9.27. The van der Waals surface area contributed by atoms with Crippen molar-refractivity contribution in [1.82, 2.24) is 15.1 Å². The Morgan fingerprint density at radius 3 is 2.71 bits per heavy atom. The van der Waals surface area contributed by atoms with Crippen molar-refractivity contribution < 1.29 is 9.21 Å². The normalized spacial score (nSPS) is 17.0. The largest absolute Gasteiger partial charge is 0.411 e. The van der Waals surface area contributed by atoms with Crippen LogP contribution in [0, 0.1) is 12.8 Å². The van der Waals surface area contributed by atoms with Crippen LogP contribution in [-0.4, -0.2) is 39.3 Å². The number of carbonyl (C=O) groups is 1. The molecule has 1 aliphatic heterocycles. The molecule has 24 heavy (non-hydrogen) atoms. The van der Waals surface area contributed by atoms with Crippen molar-refractivity contribution in [3.8, 4) is 11.5 Å². The topological polar surface area (TPSA) is 59.2 Å². The van der Waals surface area contributed by atoms with Crippen LogP contribution in [-0.2, 0) is 4.79 Å². The van der Waals surface area contributed by atoms with Crippen LogP contribution in [0.1, 0.15) is 32.3 Å². The van der Waals surface area contributed by atoms with Gasteiger partial charge in [0.05, 0.1) is 5.25 Å². The first kappa shape index (κ1) is 17.0. The molecule has 128 valence electrons. The molecule has 0 aliphatic carbocycles. The fraction of sp³-hybridized carbons (Fsp3) is 0.500. The Bertz CT molecular complexity index is 708. The molecule has 3 rings (SSSR count). The zero-order valence-electron chi connectivity index (χ0n) is 14.4. The molecule has 1 aromatic carbocycles. The van der Waals surface area contributed by atoms with Gasteiger partial charge in [-0.15, -0.1) is 10.2 Å². The molecular weight excluding hydrogens is 322 g/mol. The van der Waals surface area contributed by atoms with Gasteiger partial charge in [0.1, 0.15) is 0 Å². The summed E-state index contributed by atoms with van der Waals surface area (Å²) in [4.78, 5) is 14.5. The van der Waals surface area contributed by atoms with Gasteiger partial charge in [0.25, 0.3) is 5.22 Å². The van der Waals surface area contributed by atoms with E-state index in [2.05, 4.69) is 17.1 Å². The molecule has 2 aromatic rings. The Morgan fingerprint density at radius 1 is 1.29 bits per heavy atom. The van der Waals surface area contributed by atoms with Gasteiger partial charge in [0.15, 0.2) is 0 Å². The van der Waals surface area contributed by atoms with Gasteiger partial charge < -0.3 is 9.32 Å². The van der Waals surface area contributed by atoms with Crippen LogP contribution in [0.15, 0.2) is 33.9 Å². The average Bonchev–Trinajstić information content (AvgIpc) is 3.03. The maximum atomic E-state index is 12.6. The minimum atomic E-state index is -0.219. The predicted octanol–water partition coefficient (Wildman–Crippen LogP) is 3.78. The number of aromatic nitrogens is 2. The number of carbonyl (C=O) groups excluding carboxylic acids is 1. The monoisotopic (exact) mass is 345 g/mol. The number of amides is 1. The maximum Gasteiger partial charge on any atom is 0.277 e. The lowest BCUT2D eigenvalue weighted by Gasteiger charge is -2.31. The van der Waals surface area contributed by atoms with E-state index in [9.17, 15) is 4.79 Å². The number of hydrogen-bond acceptors (Lipinski definition) is 5. The summed E-state index contributed by atoms with van der Waals surface area (Å²) < 4.78 is 5.75. The van der Waals surface area contributed by atoms with Gasteiger partial charge in [-0.25, -0.2) is 0 Å². The van der Waals surface area contributed by atoms with Crippen molar-refractivity contribution in [2.24, 2.45) is 5.92 Å². The zero-order valence-corrected chi connectivity index (χ0v) is 15.2. The Kier molecular flexibility index (Phi) is 5.23. The van der Waals surface area contributed by atoms with Crippen molar-refractivity contribution in [1.29, 1.82) is 0 Å². The number of benzene rings is 1. The molecule has 6 heteroatoms. The number of likely N-dealkylation sites (tertiary alicyclic amines) is 1. The number of hydrogen-bond donors (Lipinski definition) is 0. The van der Waals surface area contributed by atoms with Crippen LogP contribution < -0.4 is 0 Å². The van der Waals surface area contributed by atoms with E-state index in [1.54, 1.807) is 0 Å². The molecule has 0 bridgehead atoms. The second kappa shape index (κ2) is 7.38. The number of aryl methyl sites for hydroxylation is 1. The highest BCUT2D eigenvalue weighted by molar-refractivity contribution is 8.00. The van der Waals surface area contributed by atoms with Crippen LogP contribution in [0.4, 0.5) is 0 Å².